The van der Waals surface area contributed by atoms with Gasteiger partial charge in [0.25, 0.3) is 0 Å². The van der Waals surface area contributed by atoms with Crippen LogP contribution in [0.4, 0.5) is 0 Å². The largest absolute Gasteiger partial charge is 0.324 e. The third-order valence-electron chi connectivity index (χ3n) is 1.96. The molecule has 0 aliphatic rings. The van der Waals surface area contributed by atoms with Crippen LogP contribution in [-0.4, -0.2) is 20.8 Å². The molecular weight excluding hydrogens is 178 g/mol. The van der Waals surface area contributed by atoms with E-state index in [1.807, 2.05) is 12.1 Å². The van der Waals surface area contributed by atoms with E-state index < -0.39 is 0 Å². The molecule has 0 fully saturated rings. The van der Waals surface area contributed by atoms with Crippen molar-refractivity contribution in [2.75, 3.05) is 0 Å². The number of aromatic nitrogens is 3. The Morgan fingerprint density at radius 1 is 1.29 bits per heavy atom. The van der Waals surface area contributed by atoms with Crippen molar-refractivity contribution in [2.24, 2.45) is 0 Å². The summed E-state index contributed by atoms with van der Waals surface area (Å²) >= 11 is 0. The van der Waals surface area contributed by atoms with Crippen LogP contribution in [0.2, 0.25) is 0 Å². The molecule has 0 radical (unpaired) electrons. The second-order valence-electron chi connectivity index (χ2n) is 2.89. The summed E-state index contributed by atoms with van der Waals surface area (Å²) in [6.45, 7) is 0.649. The topological polar surface area (TPSA) is 47.8 Å². The molecule has 4 nitrogen and oxygen atoms in total. The first-order valence-corrected chi connectivity index (χ1v) is 4.25. The lowest BCUT2D eigenvalue weighted by Gasteiger charge is -2.02. The van der Waals surface area contributed by atoms with E-state index in [4.69, 9.17) is 0 Å². The molecule has 0 spiro atoms. The van der Waals surface area contributed by atoms with Gasteiger partial charge in [-0.1, -0.05) is 0 Å². The molecule has 2 heterocycles. The Kier molecular flexibility index (Phi) is 2.36. The van der Waals surface area contributed by atoms with Crippen molar-refractivity contribution in [3.8, 4) is 0 Å². The van der Waals surface area contributed by atoms with Gasteiger partial charge in [-0.15, -0.1) is 0 Å². The lowest BCUT2D eigenvalue weighted by Crippen LogP contribution is -2.03. The van der Waals surface area contributed by atoms with Crippen LogP contribution in [0, 0.1) is 0 Å². The van der Waals surface area contributed by atoms with Crippen molar-refractivity contribution in [2.45, 2.75) is 6.54 Å². The fraction of sp³-hybridized carbons (Fsp3) is 0.100. The maximum Gasteiger partial charge on any atom is 0.185 e. The molecule has 0 aromatic carbocycles. The highest BCUT2D eigenvalue weighted by Gasteiger charge is 2.00. The molecule has 2 aromatic heterocycles. The Bertz CT molecular complexity index is 422. The van der Waals surface area contributed by atoms with Crippen LogP contribution in [0.1, 0.15) is 16.2 Å². The van der Waals surface area contributed by atoms with Crippen LogP contribution in [0.5, 0.6) is 0 Å². The molecule has 0 saturated heterocycles. The Morgan fingerprint density at radius 3 is 2.79 bits per heavy atom. The second-order valence-corrected chi connectivity index (χ2v) is 2.89. The van der Waals surface area contributed by atoms with Gasteiger partial charge in [-0.3, -0.25) is 9.78 Å². The summed E-state index contributed by atoms with van der Waals surface area (Å²) in [5.74, 6) is 0.446. The number of carbonyl (C=O) groups is 1. The lowest BCUT2D eigenvalue weighted by molar-refractivity contribution is 0.111. The number of rotatable bonds is 3. The number of pyridine rings is 1. The van der Waals surface area contributed by atoms with E-state index in [-0.39, 0.29) is 0 Å². The van der Waals surface area contributed by atoms with Crippen LogP contribution in [0.25, 0.3) is 0 Å². The summed E-state index contributed by atoms with van der Waals surface area (Å²) in [6.07, 6.45) is 7.61. The van der Waals surface area contributed by atoms with Gasteiger partial charge in [0.05, 0.1) is 0 Å². The molecule has 0 aliphatic heterocycles. The first-order valence-electron chi connectivity index (χ1n) is 4.25. The molecule has 0 aliphatic carbocycles. The maximum absolute atomic E-state index is 10.6. The Hall–Kier alpha value is -1.97. The van der Waals surface area contributed by atoms with E-state index in [1.165, 1.54) is 0 Å². The summed E-state index contributed by atoms with van der Waals surface area (Å²) < 4.78 is 1.79. The van der Waals surface area contributed by atoms with Crippen LogP contribution < -0.4 is 0 Å². The smallest absolute Gasteiger partial charge is 0.185 e. The molecule has 0 unspecified atom stereocenters. The minimum atomic E-state index is 0.446. The van der Waals surface area contributed by atoms with Gasteiger partial charge < -0.3 is 4.57 Å². The monoisotopic (exact) mass is 187 g/mol. The molecule has 2 aromatic rings. The first kappa shape index (κ1) is 8.62. The summed E-state index contributed by atoms with van der Waals surface area (Å²) in [7, 11) is 0. The van der Waals surface area contributed by atoms with E-state index in [9.17, 15) is 4.79 Å². The summed E-state index contributed by atoms with van der Waals surface area (Å²) in [5.41, 5.74) is 1.10. The van der Waals surface area contributed by atoms with Crippen molar-refractivity contribution >= 4 is 6.29 Å². The number of imidazole rings is 1. The Morgan fingerprint density at radius 2 is 2.07 bits per heavy atom. The van der Waals surface area contributed by atoms with E-state index in [0.717, 1.165) is 11.8 Å². The zero-order valence-electron chi connectivity index (χ0n) is 7.50. The third-order valence-corrected chi connectivity index (χ3v) is 1.96. The summed E-state index contributed by atoms with van der Waals surface area (Å²) in [6, 6.07) is 3.82. The molecular formula is C10H9N3O. The summed E-state index contributed by atoms with van der Waals surface area (Å²) in [5, 5.41) is 0. The van der Waals surface area contributed by atoms with Crippen LogP contribution in [0.15, 0.2) is 36.9 Å². The summed E-state index contributed by atoms with van der Waals surface area (Å²) in [4.78, 5) is 18.4. The Balaban J connectivity index is 2.23. The van der Waals surface area contributed by atoms with Crippen LogP contribution in [-0.2, 0) is 6.54 Å². The van der Waals surface area contributed by atoms with Crippen molar-refractivity contribution in [1.29, 1.82) is 0 Å². The number of hydrogen-bond donors (Lipinski definition) is 0. The highest BCUT2D eigenvalue weighted by atomic mass is 16.1. The quantitative estimate of drug-likeness (QED) is 0.677. The van der Waals surface area contributed by atoms with Gasteiger partial charge in [-0.25, -0.2) is 4.98 Å². The van der Waals surface area contributed by atoms with E-state index >= 15 is 0 Å². The van der Waals surface area contributed by atoms with Crippen molar-refractivity contribution < 1.29 is 4.79 Å². The molecule has 0 saturated carbocycles. The number of carbonyl (C=O) groups excluding carboxylic acids is 1. The van der Waals surface area contributed by atoms with Crippen LogP contribution in [0.3, 0.4) is 0 Å². The fourth-order valence-electron chi connectivity index (χ4n) is 1.26. The van der Waals surface area contributed by atoms with E-state index in [1.54, 1.807) is 29.4 Å². The van der Waals surface area contributed by atoms with Crippen molar-refractivity contribution in [3.05, 3.63) is 48.3 Å². The van der Waals surface area contributed by atoms with Crippen molar-refractivity contribution in [1.82, 2.24) is 14.5 Å². The highest BCUT2D eigenvalue weighted by molar-refractivity contribution is 5.69. The first-order chi connectivity index (χ1) is 6.90. The average Bonchev–Trinajstić information content (AvgIpc) is 2.67. The molecule has 0 bridgehead atoms. The van der Waals surface area contributed by atoms with Gasteiger partial charge in [0, 0.05) is 31.3 Å². The minimum Gasteiger partial charge on any atom is -0.324 e. The Labute approximate surface area is 81.2 Å². The SMILES string of the molecule is O=Cc1nccn1Cc1ccncc1. The molecule has 14 heavy (non-hydrogen) atoms. The maximum atomic E-state index is 10.6. The third kappa shape index (κ3) is 1.69. The predicted octanol–water partition coefficient (Wildman–Crippen LogP) is 1.14. The van der Waals surface area contributed by atoms with E-state index in [0.29, 0.717) is 12.4 Å². The average molecular weight is 187 g/mol. The zero-order valence-corrected chi connectivity index (χ0v) is 7.50. The zero-order chi connectivity index (χ0) is 9.80. The predicted molar refractivity (Wildman–Crippen MR) is 51.0 cm³/mol. The van der Waals surface area contributed by atoms with Gasteiger partial charge in [-0.2, -0.15) is 0 Å². The number of hydrogen-bond acceptors (Lipinski definition) is 3. The standard InChI is InChI=1S/C10H9N3O/c14-8-10-12-5-6-13(10)7-9-1-3-11-4-2-9/h1-6,8H,7H2. The number of nitrogens with zero attached hydrogens (tertiary/aromatic N) is 3. The lowest BCUT2D eigenvalue weighted by atomic mass is 10.3. The highest BCUT2D eigenvalue weighted by Crippen LogP contribution is 2.02. The van der Waals surface area contributed by atoms with Crippen molar-refractivity contribution in [3.63, 3.8) is 0 Å². The minimum absolute atomic E-state index is 0.446. The molecule has 2 rings (SSSR count). The molecule has 0 amide bonds. The fourth-order valence-corrected chi connectivity index (χ4v) is 1.26. The molecule has 0 N–H and O–H groups in total. The number of aldehydes is 1. The molecule has 0 atom stereocenters. The van der Waals surface area contributed by atoms with Gasteiger partial charge in [-0.05, 0) is 17.7 Å². The van der Waals surface area contributed by atoms with Crippen LogP contribution >= 0.6 is 0 Å². The normalized spacial score (nSPS) is 10.0. The molecule has 4 heteroatoms. The second kappa shape index (κ2) is 3.83. The van der Waals surface area contributed by atoms with Gasteiger partial charge >= 0.3 is 0 Å². The molecule has 70 valence electrons. The van der Waals surface area contributed by atoms with Gasteiger partial charge in [0.15, 0.2) is 12.1 Å². The van der Waals surface area contributed by atoms with Gasteiger partial charge in [0.1, 0.15) is 0 Å². The van der Waals surface area contributed by atoms with E-state index in [2.05, 4.69) is 9.97 Å². The van der Waals surface area contributed by atoms with Gasteiger partial charge in [0.2, 0.25) is 0 Å².